The van der Waals surface area contributed by atoms with Crippen molar-refractivity contribution in [2.45, 2.75) is 26.2 Å². The highest BCUT2D eigenvalue weighted by molar-refractivity contribution is 5.99. The first-order valence-corrected chi connectivity index (χ1v) is 8.62. The minimum Gasteiger partial charge on any atom is -0.398 e. The van der Waals surface area contributed by atoms with Gasteiger partial charge in [0.05, 0.1) is 5.56 Å². The number of anilines is 1. The van der Waals surface area contributed by atoms with Crippen LogP contribution >= 0.6 is 12.4 Å². The lowest BCUT2D eigenvalue weighted by molar-refractivity contribution is -0.126. The van der Waals surface area contributed by atoms with E-state index in [2.05, 4.69) is 5.32 Å². The van der Waals surface area contributed by atoms with Crippen molar-refractivity contribution in [3.05, 3.63) is 29.8 Å². The number of likely N-dealkylation sites (tertiary alicyclic amines) is 1. The third kappa shape index (κ3) is 6.21. The Morgan fingerprint density at radius 1 is 1.28 bits per heavy atom. The Morgan fingerprint density at radius 2 is 1.96 bits per heavy atom. The molecule has 0 aromatic heterocycles. The number of carbonyl (C=O) groups excluding carboxylic acids is 2. The van der Waals surface area contributed by atoms with Crippen LogP contribution in [-0.2, 0) is 9.53 Å². The first-order chi connectivity index (χ1) is 11.6. The van der Waals surface area contributed by atoms with Gasteiger partial charge in [-0.2, -0.15) is 0 Å². The van der Waals surface area contributed by atoms with Crippen LogP contribution in [0.3, 0.4) is 0 Å². The molecule has 0 saturated carbocycles. The number of halogens is 1. The van der Waals surface area contributed by atoms with Crippen LogP contribution in [0.5, 0.6) is 0 Å². The van der Waals surface area contributed by atoms with Crippen LogP contribution in [0.2, 0.25) is 0 Å². The van der Waals surface area contributed by atoms with Crippen molar-refractivity contribution in [1.82, 2.24) is 10.2 Å². The van der Waals surface area contributed by atoms with Crippen molar-refractivity contribution < 1.29 is 14.3 Å². The van der Waals surface area contributed by atoms with Crippen molar-refractivity contribution in [3.63, 3.8) is 0 Å². The molecule has 1 saturated heterocycles. The Kier molecular flexibility index (Phi) is 9.31. The minimum atomic E-state index is -0.0522. The molecule has 25 heavy (non-hydrogen) atoms. The largest absolute Gasteiger partial charge is 0.398 e. The quantitative estimate of drug-likeness (QED) is 0.569. The van der Waals surface area contributed by atoms with E-state index in [1.165, 1.54) is 0 Å². The molecule has 1 aliphatic rings. The zero-order valence-corrected chi connectivity index (χ0v) is 15.5. The smallest absolute Gasteiger partial charge is 0.255 e. The Balaban J connectivity index is 0.00000312. The summed E-state index contributed by atoms with van der Waals surface area (Å²) in [5, 5.41) is 2.95. The maximum atomic E-state index is 12.5. The van der Waals surface area contributed by atoms with Crippen LogP contribution in [0.15, 0.2) is 24.3 Å². The molecule has 0 spiro atoms. The van der Waals surface area contributed by atoms with Gasteiger partial charge in [0.1, 0.15) is 0 Å². The van der Waals surface area contributed by atoms with Gasteiger partial charge in [-0.05, 0) is 38.3 Å². The van der Waals surface area contributed by atoms with Gasteiger partial charge in [0.25, 0.3) is 5.91 Å². The molecule has 1 heterocycles. The average Bonchev–Trinajstić information content (AvgIpc) is 2.61. The van der Waals surface area contributed by atoms with E-state index in [4.69, 9.17) is 10.5 Å². The fraction of sp³-hybridized carbons (Fsp3) is 0.556. The van der Waals surface area contributed by atoms with Crippen molar-refractivity contribution >= 4 is 29.9 Å². The highest BCUT2D eigenvalue weighted by atomic mass is 35.5. The minimum absolute atomic E-state index is 0. The van der Waals surface area contributed by atoms with Gasteiger partial charge < -0.3 is 20.7 Å². The molecule has 2 rings (SSSR count). The number of amides is 2. The Hall–Kier alpha value is -1.79. The number of ether oxygens (including phenoxy) is 1. The molecule has 2 amide bonds. The molecular weight excluding hydrogens is 342 g/mol. The number of rotatable bonds is 7. The van der Waals surface area contributed by atoms with E-state index in [1.54, 1.807) is 17.0 Å². The highest BCUT2D eigenvalue weighted by Gasteiger charge is 2.28. The van der Waals surface area contributed by atoms with Crippen molar-refractivity contribution in [3.8, 4) is 0 Å². The van der Waals surface area contributed by atoms with Crippen LogP contribution in [0.25, 0.3) is 0 Å². The van der Waals surface area contributed by atoms with Crippen molar-refractivity contribution in [1.29, 1.82) is 0 Å². The SMILES string of the molecule is CCOCCCNC(=O)C1CCN(C(=O)c2ccccc2N)CC1.Cl. The number of para-hydroxylation sites is 1. The highest BCUT2D eigenvalue weighted by Crippen LogP contribution is 2.21. The maximum absolute atomic E-state index is 12.5. The third-order valence-electron chi connectivity index (χ3n) is 4.31. The maximum Gasteiger partial charge on any atom is 0.255 e. The summed E-state index contributed by atoms with van der Waals surface area (Å²) in [7, 11) is 0. The number of carbonyl (C=O) groups is 2. The molecule has 3 N–H and O–H groups in total. The van der Waals surface area contributed by atoms with Crippen LogP contribution in [0.1, 0.15) is 36.5 Å². The molecule has 0 bridgehead atoms. The van der Waals surface area contributed by atoms with E-state index in [0.717, 1.165) is 6.42 Å². The van der Waals surface area contributed by atoms with Crippen LogP contribution in [-0.4, -0.2) is 49.6 Å². The lowest BCUT2D eigenvalue weighted by Gasteiger charge is -2.31. The summed E-state index contributed by atoms with van der Waals surface area (Å²) in [6, 6.07) is 7.10. The Bertz CT molecular complexity index is 560. The van der Waals surface area contributed by atoms with Gasteiger partial charge in [-0.15, -0.1) is 12.4 Å². The van der Waals surface area contributed by atoms with Crippen LogP contribution in [0.4, 0.5) is 5.69 Å². The second-order valence-electron chi connectivity index (χ2n) is 6.00. The summed E-state index contributed by atoms with van der Waals surface area (Å²) < 4.78 is 5.25. The monoisotopic (exact) mass is 369 g/mol. The van der Waals surface area contributed by atoms with Crippen molar-refractivity contribution in [2.75, 3.05) is 38.6 Å². The number of hydrogen-bond acceptors (Lipinski definition) is 4. The molecule has 140 valence electrons. The molecule has 0 radical (unpaired) electrons. The van der Waals surface area contributed by atoms with Gasteiger partial charge in [0.15, 0.2) is 0 Å². The molecule has 1 aromatic carbocycles. The van der Waals surface area contributed by atoms with Gasteiger partial charge in [-0.3, -0.25) is 9.59 Å². The van der Waals surface area contributed by atoms with Gasteiger partial charge in [-0.1, -0.05) is 12.1 Å². The number of piperidine rings is 1. The van der Waals surface area contributed by atoms with Crippen molar-refractivity contribution in [2.24, 2.45) is 5.92 Å². The zero-order chi connectivity index (χ0) is 17.4. The molecule has 1 fully saturated rings. The predicted octanol–water partition coefficient (Wildman–Crippen LogP) is 2.09. The van der Waals surface area contributed by atoms with E-state index < -0.39 is 0 Å². The van der Waals surface area contributed by atoms with E-state index in [1.807, 2.05) is 19.1 Å². The Labute approximate surface area is 155 Å². The van der Waals surface area contributed by atoms with E-state index in [0.29, 0.717) is 56.9 Å². The summed E-state index contributed by atoms with van der Waals surface area (Å²) in [6.07, 6.45) is 2.20. The summed E-state index contributed by atoms with van der Waals surface area (Å²) in [6.45, 7) is 5.14. The summed E-state index contributed by atoms with van der Waals surface area (Å²) in [5.41, 5.74) is 6.91. The van der Waals surface area contributed by atoms with E-state index in [-0.39, 0.29) is 30.1 Å². The Morgan fingerprint density at radius 3 is 2.60 bits per heavy atom. The lowest BCUT2D eigenvalue weighted by atomic mass is 9.95. The normalized spacial score (nSPS) is 14.7. The number of nitrogens with one attached hydrogen (secondary N) is 1. The molecule has 6 nitrogen and oxygen atoms in total. The zero-order valence-electron chi connectivity index (χ0n) is 14.7. The average molecular weight is 370 g/mol. The number of nitrogen functional groups attached to an aromatic ring is 1. The molecular formula is C18H28ClN3O3. The summed E-state index contributed by atoms with van der Waals surface area (Å²) >= 11 is 0. The van der Waals surface area contributed by atoms with E-state index in [9.17, 15) is 9.59 Å². The van der Waals surface area contributed by atoms with Gasteiger partial charge in [0.2, 0.25) is 5.91 Å². The number of nitrogens with two attached hydrogens (primary N) is 1. The van der Waals surface area contributed by atoms with E-state index >= 15 is 0 Å². The fourth-order valence-corrected chi connectivity index (χ4v) is 2.88. The summed E-state index contributed by atoms with van der Waals surface area (Å²) in [5.74, 6) is 0.00996. The fourth-order valence-electron chi connectivity index (χ4n) is 2.88. The second-order valence-corrected chi connectivity index (χ2v) is 6.00. The topological polar surface area (TPSA) is 84.7 Å². The molecule has 7 heteroatoms. The standard InChI is InChI=1S/C18H27N3O3.ClH/c1-2-24-13-5-10-20-17(22)14-8-11-21(12-9-14)18(23)15-6-3-4-7-16(15)19;/h3-4,6-7,14H,2,5,8-13,19H2,1H3,(H,20,22);1H. The molecule has 0 unspecified atom stereocenters. The second kappa shape index (κ2) is 10.9. The number of benzene rings is 1. The van der Waals surface area contributed by atoms with Gasteiger partial charge in [0, 0.05) is 44.5 Å². The van der Waals surface area contributed by atoms with Gasteiger partial charge >= 0.3 is 0 Å². The lowest BCUT2D eigenvalue weighted by Crippen LogP contribution is -2.43. The third-order valence-corrected chi connectivity index (χ3v) is 4.31. The van der Waals surface area contributed by atoms with Crippen LogP contribution < -0.4 is 11.1 Å². The molecule has 0 aliphatic carbocycles. The molecule has 1 aliphatic heterocycles. The number of nitrogens with zero attached hydrogens (tertiary/aromatic N) is 1. The first-order valence-electron chi connectivity index (χ1n) is 8.62. The predicted molar refractivity (Wildman–Crippen MR) is 101 cm³/mol. The number of hydrogen-bond donors (Lipinski definition) is 2. The first kappa shape index (κ1) is 21.3. The van der Waals surface area contributed by atoms with Crippen LogP contribution in [0, 0.1) is 5.92 Å². The molecule has 0 atom stereocenters. The summed E-state index contributed by atoms with van der Waals surface area (Å²) in [4.78, 5) is 26.4. The van der Waals surface area contributed by atoms with Gasteiger partial charge in [-0.25, -0.2) is 0 Å². The molecule has 1 aromatic rings.